The first kappa shape index (κ1) is 30.0. The second-order valence-corrected chi connectivity index (χ2v) is 10.4. The number of ether oxygens (including phenoxy) is 2. The molecule has 0 saturated carbocycles. The maximum absolute atomic E-state index is 14.0. The van der Waals surface area contributed by atoms with Gasteiger partial charge in [0.15, 0.2) is 11.5 Å². The van der Waals surface area contributed by atoms with Crippen LogP contribution in [0, 0.1) is 0 Å². The molecule has 1 N–H and O–H groups in total. The molecule has 6 nitrogen and oxygen atoms in total. The van der Waals surface area contributed by atoms with E-state index in [1.54, 1.807) is 49.5 Å². The number of hydrogen-bond acceptors (Lipinski definition) is 4. The summed E-state index contributed by atoms with van der Waals surface area (Å²) in [6.07, 6.45) is 0.400. The summed E-state index contributed by atoms with van der Waals surface area (Å²) in [5, 5.41) is 4.17. The van der Waals surface area contributed by atoms with Crippen molar-refractivity contribution in [2.24, 2.45) is 0 Å². The number of carbonyl (C=O) groups excluding carboxylic acids is 2. The Labute approximate surface area is 250 Å². The molecule has 0 heterocycles. The van der Waals surface area contributed by atoms with Gasteiger partial charge in [-0.3, -0.25) is 9.59 Å². The molecule has 212 valence electrons. The van der Waals surface area contributed by atoms with Crippen LogP contribution >= 0.6 is 23.2 Å². The van der Waals surface area contributed by atoms with Gasteiger partial charge in [-0.2, -0.15) is 0 Å². The van der Waals surface area contributed by atoms with Crippen molar-refractivity contribution >= 4 is 35.0 Å². The van der Waals surface area contributed by atoms with Crippen molar-refractivity contribution in [3.8, 4) is 11.5 Å². The third-order valence-electron chi connectivity index (χ3n) is 6.75. The summed E-state index contributed by atoms with van der Waals surface area (Å²) in [7, 11) is 3.11. The molecular formula is C33H32Cl2N2O4. The number of carbonyl (C=O) groups is 2. The normalized spacial score (nSPS) is 11.4. The van der Waals surface area contributed by atoms with E-state index >= 15 is 0 Å². The molecule has 4 rings (SSSR count). The number of hydrogen-bond donors (Lipinski definition) is 1. The quantitative estimate of drug-likeness (QED) is 0.204. The van der Waals surface area contributed by atoms with Crippen LogP contribution in [0.3, 0.4) is 0 Å². The van der Waals surface area contributed by atoms with Gasteiger partial charge in [-0.1, -0.05) is 89.9 Å². The van der Waals surface area contributed by atoms with Crippen LogP contribution in [-0.4, -0.2) is 37.0 Å². The summed E-state index contributed by atoms with van der Waals surface area (Å²) in [6.45, 7) is 0.461. The SMILES string of the molecule is COc1ccc(CC(=O)N(Cc2ccc(Cl)cc2)[C@H](Cc2ccccc2)C(=O)NCc2ccccc2Cl)cc1OC. The predicted octanol–water partition coefficient (Wildman–Crippen LogP) is 6.51. The average Bonchev–Trinajstić information content (AvgIpc) is 2.99. The van der Waals surface area contributed by atoms with Gasteiger partial charge in [-0.15, -0.1) is 0 Å². The highest BCUT2D eigenvalue weighted by Gasteiger charge is 2.30. The van der Waals surface area contributed by atoms with Crippen molar-refractivity contribution in [1.29, 1.82) is 0 Å². The Hall–Kier alpha value is -4.00. The van der Waals surface area contributed by atoms with E-state index in [0.717, 1.165) is 22.3 Å². The lowest BCUT2D eigenvalue weighted by Gasteiger charge is -2.32. The number of amides is 2. The van der Waals surface area contributed by atoms with Gasteiger partial charge in [-0.05, 0) is 52.6 Å². The van der Waals surface area contributed by atoms with Crippen LogP contribution in [0.15, 0.2) is 97.1 Å². The van der Waals surface area contributed by atoms with Crippen LogP contribution in [-0.2, 0) is 35.5 Å². The summed E-state index contributed by atoms with van der Waals surface area (Å²) < 4.78 is 10.8. The molecule has 0 saturated heterocycles. The first-order valence-corrected chi connectivity index (χ1v) is 13.9. The van der Waals surface area contributed by atoms with Gasteiger partial charge in [0.1, 0.15) is 6.04 Å². The number of halogens is 2. The Morgan fingerprint density at radius 1 is 0.780 bits per heavy atom. The molecule has 0 radical (unpaired) electrons. The van der Waals surface area contributed by atoms with Gasteiger partial charge >= 0.3 is 0 Å². The van der Waals surface area contributed by atoms with Gasteiger partial charge in [0.25, 0.3) is 0 Å². The highest BCUT2D eigenvalue weighted by molar-refractivity contribution is 6.31. The van der Waals surface area contributed by atoms with Crippen LogP contribution < -0.4 is 14.8 Å². The monoisotopic (exact) mass is 590 g/mol. The molecule has 0 aliphatic rings. The van der Waals surface area contributed by atoms with Crippen LogP contribution in [0.25, 0.3) is 0 Å². The molecule has 0 bridgehead atoms. The van der Waals surface area contributed by atoms with Crippen LogP contribution in [0.1, 0.15) is 22.3 Å². The molecule has 0 aliphatic heterocycles. The summed E-state index contributed by atoms with van der Waals surface area (Å²) in [5.41, 5.74) is 3.32. The molecule has 2 amide bonds. The molecule has 0 aliphatic carbocycles. The highest BCUT2D eigenvalue weighted by Crippen LogP contribution is 2.28. The molecule has 0 aromatic heterocycles. The summed E-state index contributed by atoms with van der Waals surface area (Å²) in [5.74, 6) is 0.618. The number of benzene rings is 4. The smallest absolute Gasteiger partial charge is 0.243 e. The summed E-state index contributed by atoms with van der Waals surface area (Å²) >= 11 is 12.5. The number of nitrogens with one attached hydrogen (secondary N) is 1. The standard InChI is InChI=1S/C33H32Cl2N2O4/c1-40-30-17-14-25(19-31(30)41-2)20-32(38)37(22-24-12-15-27(34)16-13-24)29(18-23-8-4-3-5-9-23)33(39)36-21-26-10-6-7-11-28(26)35/h3-17,19,29H,18,20-22H2,1-2H3,(H,36,39)/t29-/m1/s1. The maximum Gasteiger partial charge on any atom is 0.243 e. The van der Waals surface area contributed by atoms with E-state index in [0.29, 0.717) is 28.0 Å². The second-order valence-electron chi connectivity index (χ2n) is 9.53. The Balaban J connectivity index is 1.67. The van der Waals surface area contributed by atoms with Crippen LogP contribution in [0.2, 0.25) is 10.0 Å². The Morgan fingerprint density at radius 2 is 1.44 bits per heavy atom. The Morgan fingerprint density at radius 3 is 2.12 bits per heavy atom. The van der Waals surface area contributed by atoms with Crippen LogP contribution in [0.4, 0.5) is 0 Å². The lowest BCUT2D eigenvalue weighted by Crippen LogP contribution is -2.50. The van der Waals surface area contributed by atoms with E-state index < -0.39 is 6.04 Å². The van der Waals surface area contributed by atoms with E-state index in [1.807, 2.05) is 66.7 Å². The van der Waals surface area contributed by atoms with Crippen LogP contribution in [0.5, 0.6) is 11.5 Å². The van der Waals surface area contributed by atoms with E-state index in [2.05, 4.69) is 5.32 Å². The predicted molar refractivity (Wildman–Crippen MR) is 162 cm³/mol. The average molecular weight is 592 g/mol. The third kappa shape index (κ3) is 8.26. The molecule has 4 aromatic carbocycles. The topological polar surface area (TPSA) is 67.9 Å². The fourth-order valence-corrected chi connectivity index (χ4v) is 4.88. The van der Waals surface area contributed by atoms with Crippen molar-refractivity contribution < 1.29 is 19.1 Å². The van der Waals surface area contributed by atoms with E-state index in [9.17, 15) is 9.59 Å². The first-order valence-electron chi connectivity index (χ1n) is 13.2. The van der Waals surface area contributed by atoms with E-state index in [-0.39, 0.29) is 31.3 Å². The van der Waals surface area contributed by atoms with Gasteiger partial charge in [-0.25, -0.2) is 0 Å². The van der Waals surface area contributed by atoms with Crippen molar-refractivity contribution in [1.82, 2.24) is 10.2 Å². The molecule has 4 aromatic rings. The van der Waals surface area contributed by atoms with Crippen molar-refractivity contribution in [3.63, 3.8) is 0 Å². The zero-order valence-corrected chi connectivity index (χ0v) is 24.5. The maximum atomic E-state index is 14.0. The number of rotatable bonds is 12. The van der Waals surface area contributed by atoms with Crippen molar-refractivity contribution in [3.05, 3.63) is 129 Å². The molecule has 8 heteroatoms. The van der Waals surface area contributed by atoms with Gasteiger partial charge in [0.05, 0.1) is 20.6 Å². The summed E-state index contributed by atoms with van der Waals surface area (Å²) in [4.78, 5) is 29.5. The van der Waals surface area contributed by atoms with Gasteiger partial charge in [0, 0.05) is 29.6 Å². The lowest BCUT2D eigenvalue weighted by molar-refractivity contribution is -0.140. The van der Waals surface area contributed by atoms with E-state index in [1.165, 1.54) is 0 Å². The molecular weight excluding hydrogens is 559 g/mol. The first-order chi connectivity index (χ1) is 19.9. The number of nitrogens with zero attached hydrogens (tertiary/aromatic N) is 1. The second kappa shape index (κ2) is 14.6. The van der Waals surface area contributed by atoms with Crippen molar-refractivity contribution in [2.45, 2.75) is 32.0 Å². The van der Waals surface area contributed by atoms with Crippen molar-refractivity contribution in [2.75, 3.05) is 14.2 Å². The fraction of sp³-hybridized carbons (Fsp3) is 0.212. The minimum Gasteiger partial charge on any atom is -0.493 e. The third-order valence-corrected chi connectivity index (χ3v) is 7.37. The highest BCUT2D eigenvalue weighted by atomic mass is 35.5. The molecule has 0 spiro atoms. The Bertz CT molecular complexity index is 1460. The fourth-order valence-electron chi connectivity index (χ4n) is 4.55. The number of methoxy groups -OCH3 is 2. The van der Waals surface area contributed by atoms with Gasteiger partial charge < -0.3 is 19.7 Å². The summed E-state index contributed by atoms with van der Waals surface area (Å²) in [6, 6.07) is 28.9. The lowest BCUT2D eigenvalue weighted by atomic mass is 10.0. The minimum atomic E-state index is -0.789. The Kier molecular flexibility index (Phi) is 10.7. The van der Waals surface area contributed by atoms with E-state index in [4.69, 9.17) is 32.7 Å². The molecule has 0 unspecified atom stereocenters. The zero-order chi connectivity index (χ0) is 29.2. The molecule has 0 fully saturated rings. The minimum absolute atomic E-state index is 0.0665. The zero-order valence-electron chi connectivity index (χ0n) is 23.0. The molecule has 1 atom stereocenters. The molecule has 41 heavy (non-hydrogen) atoms. The van der Waals surface area contributed by atoms with Gasteiger partial charge in [0.2, 0.25) is 11.8 Å². The largest absolute Gasteiger partial charge is 0.493 e.